The summed E-state index contributed by atoms with van der Waals surface area (Å²) < 4.78 is 0. The fourth-order valence-corrected chi connectivity index (χ4v) is 6.27. The summed E-state index contributed by atoms with van der Waals surface area (Å²) in [5, 5.41) is 91.5. The Morgan fingerprint density at radius 2 is 0.937 bits per heavy atom. The number of non-ortho nitro benzene ring substituents is 2. The Balaban J connectivity index is 0.000000332. The zero-order valence-corrected chi connectivity index (χ0v) is 36.3. The number of phenols is 4. The van der Waals surface area contributed by atoms with Crippen molar-refractivity contribution < 1.29 is 54.2 Å². The summed E-state index contributed by atoms with van der Waals surface area (Å²) in [4.78, 5) is 20.1. The molecular weight excluding hydrogens is 847 g/mol. The molecule has 0 aromatic heterocycles. The summed E-state index contributed by atoms with van der Waals surface area (Å²) in [5.41, 5.74) is 0.191. The zero-order chi connectivity index (χ0) is 44.7. The van der Waals surface area contributed by atoms with Crippen LogP contribution in [0.1, 0.15) is 72.6 Å². The van der Waals surface area contributed by atoms with Crippen LogP contribution in [0.2, 0.25) is 0 Å². The molecule has 6 aromatic rings. The minimum atomic E-state index is -0.614. The molecule has 0 unspecified atom stereocenters. The maximum Gasteiger partial charge on any atom is 1.00 e. The molecule has 0 aliphatic carbocycles. The van der Waals surface area contributed by atoms with Crippen molar-refractivity contribution in [1.29, 1.82) is 0 Å². The maximum atomic E-state index is 10.6. The topological polar surface area (TPSA) is 249 Å². The molecule has 332 valence electrons. The smallest absolute Gasteiger partial charge is 0.506 e. The monoisotopic (exact) mass is 900 g/mol. The van der Waals surface area contributed by atoms with Crippen LogP contribution in [0.3, 0.4) is 0 Å². The fourth-order valence-electron chi connectivity index (χ4n) is 6.27. The van der Waals surface area contributed by atoms with Crippen molar-refractivity contribution >= 4 is 55.7 Å². The van der Waals surface area contributed by atoms with E-state index in [-0.39, 0.29) is 82.5 Å². The van der Waals surface area contributed by atoms with E-state index in [0.29, 0.717) is 10.8 Å². The van der Waals surface area contributed by atoms with Gasteiger partial charge in [-0.15, -0.1) is 20.5 Å². The third kappa shape index (κ3) is 16.4. The molecule has 0 amide bonds. The fraction of sp³-hybridized carbons (Fsp3) is 0.304. The van der Waals surface area contributed by atoms with E-state index in [1.807, 2.05) is 36.4 Å². The Kier molecular flexibility index (Phi) is 22.1. The number of rotatable bonds is 19. The van der Waals surface area contributed by atoms with Crippen molar-refractivity contribution in [2.75, 3.05) is 19.7 Å². The Morgan fingerprint density at radius 3 is 1.33 bits per heavy atom. The minimum absolute atomic E-state index is 0. The van der Waals surface area contributed by atoms with Crippen LogP contribution in [-0.2, 0) is 17.4 Å². The Hall–Kier alpha value is -6.51. The third-order valence-corrected chi connectivity index (χ3v) is 9.61. The van der Waals surface area contributed by atoms with Crippen molar-refractivity contribution in [3.63, 3.8) is 0 Å². The van der Waals surface area contributed by atoms with Crippen LogP contribution in [-0.4, -0.2) is 55.1 Å². The third-order valence-electron chi connectivity index (χ3n) is 9.61. The number of nitro groups is 2. The van der Waals surface area contributed by atoms with Crippen LogP contribution >= 0.6 is 0 Å². The number of nitrogens with one attached hydrogen (secondary N) is 1. The second kappa shape index (κ2) is 27.4. The first-order valence-corrected chi connectivity index (χ1v) is 20.5. The Labute approximate surface area is 377 Å². The van der Waals surface area contributed by atoms with Gasteiger partial charge in [-0.3, -0.25) is 20.2 Å². The van der Waals surface area contributed by atoms with Crippen LogP contribution in [0.15, 0.2) is 130 Å². The molecule has 6 N–H and O–H groups in total. The van der Waals surface area contributed by atoms with Gasteiger partial charge in [0.2, 0.25) is 0 Å². The minimum Gasteiger partial charge on any atom is -0.506 e. The summed E-state index contributed by atoms with van der Waals surface area (Å²) >= 11 is 0. The van der Waals surface area contributed by atoms with Gasteiger partial charge >= 0.3 is 1.43 Å². The van der Waals surface area contributed by atoms with Gasteiger partial charge < -0.3 is 30.8 Å². The number of aliphatic hydroxyl groups is 1. The zero-order valence-electron chi connectivity index (χ0n) is 36.0. The summed E-state index contributed by atoms with van der Waals surface area (Å²) in [5.74, 6) is -0.812. The summed E-state index contributed by atoms with van der Waals surface area (Å²) in [6.07, 6.45) is 13.9. The number of fused-ring (bicyclic) bond motifs is 2. The molecular formula is C46H54CrN7O9+. The molecule has 17 heteroatoms. The van der Waals surface area contributed by atoms with E-state index in [1.165, 1.54) is 101 Å². The average molecular weight is 901 g/mol. The van der Waals surface area contributed by atoms with Gasteiger partial charge in [-0.25, -0.2) is 0 Å². The molecule has 6 aromatic carbocycles. The first-order valence-electron chi connectivity index (χ1n) is 20.5. The predicted octanol–water partition coefficient (Wildman–Crippen LogP) is 12.7. The van der Waals surface area contributed by atoms with Crippen LogP contribution in [0.4, 0.5) is 34.1 Å². The molecule has 0 aliphatic rings. The normalized spacial score (nSPS) is 10.9. The van der Waals surface area contributed by atoms with Crippen LogP contribution in [0.25, 0.3) is 21.5 Å². The molecule has 0 spiro atoms. The van der Waals surface area contributed by atoms with E-state index in [0.717, 1.165) is 36.0 Å². The first kappa shape index (κ1) is 50.8. The summed E-state index contributed by atoms with van der Waals surface area (Å²) in [7, 11) is 0. The van der Waals surface area contributed by atoms with Gasteiger partial charge in [0.25, 0.3) is 11.4 Å². The molecule has 0 atom stereocenters. The number of unbranched alkanes of at least 4 members (excludes halogenated alkanes) is 9. The van der Waals surface area contributed by atoms with Gasteiger partial charge in [-0.05, 0) is 48.0 Å². The molecule has 63 heavy (non-hydrogen) atoms. The molecule has 0 saturated carbocycles. The quantitative estimate of drug-likeness (QED) is 0.0194. The van der Waals surface area contributed by atoms with Gasteiger partial charge in [-0.2, -0.15) is 0 Å². The van der Waals surface area contributed by atoms with E-state index >= 15 is 0 Å². The number of phenolic OH excluding ortho intramolecular Hbond substituents is 4. The van der Waals surface area contributed by atoms with Crippen molar-refractivity contribution in [3.8, 4) is 23.0 Å². The number of nitro benzene ring substituents is 2. The van der Waals surface area contributed by atoms with Gasteiger partial charge in [0.15, 0.2) is 0 Å². The van der Waals surface area contributed by atoms with Crippen LogP contribution < -0.4 is 5.32 Å². The number of benzene rings is 6. The van der Waals surface area contributed by atoms with E-state index < -0.39 is 9.85 Å². The van der Waals surface area contributed by atoms with Crippen molar-refractivity contribution in [2.45, 2.75) is 71.1 Å². The van der Waals surface area contributed by atoms with Crippen LogP contribution in [0.5, 0.6) is 23.0 Å². The number of aliphatic hydroxyl groups excluding tert-OH is 1. The molecule has 0 bridgehead atoms. The molecule has 0 fully saturated rings. The molecule has 0 saturated heterocycles. The van der Waals surface area contributed by atoms with E-state index in [2.05, 4.69) is 32.7 Å². The maximum absolute atomic E-state index is 10.6. The van der Waals surface area contributed by atoms with Gasteiger partial charge in [0.1, 0.15) is 45.7 Å². The number of aromatic hydroxyl groups is 4. The van der Waals surface area contributed by atoms with E-state index in [4.69, 9.17) is 5.11 Å². The first-order chi connectivity index (χ1) is 30.0. The molecule has 6 rings (SSSR count). The standard InChI is InChI=1S/2C16H11N3O4.C14H31NO.Cr/c2*20-14-8-5-10-3-1-2-4-12(10)16(14)18-17-13-7-6-11(19(22)23)9-15(13)21;1-2-3-4-5-6-7-8-9-10-11-12-15-13-14-16;/h2*1-9,20-21H;15-16H,2-14H2,1H3;/p+1. The summed E-state index contributed by atoms with van der Waals surface area (Å²) in [6.45, 7) is 4.34. The molecule has 0 aliphatic heterocycles. The molecule has 0 heterocycles. The molecule has 0 radical (unpaired) electrons. The summed E-state index contributed by atoms with van der Waals surface area (Å²) in [6, 6.07) is 28.2. The van der Waals surface area contributed by atoms with Crippen molar-refractivity contribution in [1.82, 2.24) is 5.32 Å². The second-order valence-corrected chi connectivity index (χ2v) is 14.2. The average Bonchev–Trinajstić information content (AvgIpc) is 3.27. The van der Waals surface area contributed by atoms with Crippen LogP contribution in [0, 0.1) is 20.2 Å². The number of nitrogens with zero attached hydrogens (tertiary/aromatic N) is 6. The predicted molar refractivity (Wildman–Crippen MR) is 242 cm³/mol. The van der Waals surface area contributed by atoms with Crippen molar-refractivity contribution in [2.24, 2.45) is 20.5 Å². The largest absolute Gasteiger partial charge is 1.00 e. The Bertz CT molecular complexity index is 2290. The van der Waals surface area contributed by atoms with Gasteiger partial charge in [-0.1, -0.05) is 125 Å². The number of hydrogen-bond donors (Lipinski definition) is 6. The Morgan fingerprint density at radius 1 is 0.524 bits per heavy atom. The number of azo groups is 2. The van der Waals surface area contributed by atoms with E-state index in [9.17, 15) is 40.7 Å². The molecule has 16 nitrogen and oxygen atoms in total. The van der Waals surface area contributed by atoms with Crippen molar-refractivity contribution in [3.05, 3.63) is 129 Å². The SMILES string of the molecule is CCCCCCCCCCCCNCCO.O=[N+]([O-])c1ccc(N=Nc2c(O)ccc3ccccc23)c(O)c1.O=[N+]([O-])c1ccc(N=Nc2c(O)ccc3ccccc23)c(O)c1.[Cr].[H+]. The second-order valence-electron chi connectivity index (χ2n) is 14.2. The van der Waals surface area contributed by atoms with Gasteiger partial charge in [0, 0.05) is 46.8 Å². The van der Waals surface area contributed by atoms with Gasteiger partial charge in [0.05, 0.1) is 28.6 Å². The van der Waals surface area contributed by atoms with E-state index in [1.54, 1.807) is 24.3 Å². The number of hydrogen-bond acceptors (Lipinski definition) is 14.